The van der Waals surface area contributed by atoms with Crippen LogP contribution in [0.25, 0.3) is 0 Å². The standard InChI is InChI=1S/C14H24N2O3/c1-3-9(2)12(13(17)18)15-14(19)16-7-10-5-4-6-11(10)8-16/h9-12H,3-8H2,1-2H3,(H,15,19)(H,17,18)/t9-,10?,11?,12-/m0/s1. The summed E-state index contributed by atoms with van der Waals surface area (Å²) in [6.07, 6.45) is 4.43. The van der Waals surface area contributed by atoms with Gasteiger partial charge in [-0.25, -0.2) is 9.59 Å². The number of carbonyl (C=O) groups excluding carboxylic acids is 1. The Morgan fingerprint density at radius 1 is 1.32 bits per heavy atom. The number of rotatable bonds is 4. The smallest absolute Gasteiger partial charge is 0.326 e. The molecule has 2 unspecified atom stereocenters. The molecule has 4 atom stereocenters. The van der Waals surface area contributed by atoms with Gasteiger partial charge in [-0.3, -0.25) is 0 Å². The van der Waals surface area contributed by atoms with Crippen LogP contribution in [-0.4, -0.2) is 41.1 Å². The lowest BCUT2D eigenvalue weighted by Gasteiger charge is -2.24. The number of hydrogen-bond donors (Lipinski definition) is 2. The maximum atomic E-state index is 12.2. The van der Waals surface area contributed by atoms with Gasteiger partial charge in [0, 0.05) is 13.1 Å². The van der Waals surface area contributed by atoms with E-state index in [1.54, 1.807) is 4.90 Å². The lowest BCUT2D eigenvalue weighted by molar-refractivity contribution is -0.140. The molecular weight excluding hydrogens is 244 g/mol. The fourth-order valence-electron chi connectivity index (χ4n) is 3.31. The maximum absolute atomic E-state index is 12.2. The quantitative estimate of drug-likeness (QED) is 0.818. The molecule has 19 heavy (non-hydrogen) atoms. The number of aliphatic carboxylic acids is 1. The molecule has 0 spiro atoms. The largest absolute Gasteiger partial charge is 0.480 e. The highest BCUT2D eigenvalue weighted by Crippen LogP contribution is 2.37. The second kappa shape index (κ2) is 5.80. The number of likely N-dealkylation sites (tertiary alicyclic amines) is 1. The summed E-state index contributed by atoms with van der Waals surface area (Å²) in [5, 5.41) is 11.9. The van der Waals surface area contributed by atoms with Crippen molar-refractivity contribution in [2.45, 2.75) is 45.6 Å². The lowest BCUT2D eigenvalue weighted by Crippen LogP contribution is -2.50. The molecule has 0 radical (unpaired) electrons. The van der Waals surface area contributed by atoms with Crippen molar-refractivity contribution in [3.63, 3.8) is 0 Å². The number of carbonyl (C=O) groups is 2. The predicted octanol–water partition coefficient (Wildman–Crippen LogP) is 1.93. The maximum Gasteiger partial charge on any atom is 0.326 e. The molecule has 1 aliphatic heterocycles. The van der Waals surface area contributed by atoms with Gasteiger partial charge in [-0.15, -0.1) is 0 Å². The van der Waals surface area contributed by atoms with Crippen LogP contribution >= 0.6 is 0 Å². The van der Waals surface area contributed by atoms with E-state index in [9.17, 15) is 14.7 Å². The van der Waals surface area contributed by atoms with Gasteiger partial charge in [-0.05, 0) is 30.6 Å². The molecule has 1 aliphatic carbocycles. The van der Waals surface area contributed by atoms with Gasteiger partial charge in [0.1, 0.15) is 6.04 Å². The van der Waals surface area contributed by atoms with Crippen molar-refractivity contribution < 1.29 is 14.7 Å². The van der Waals surface area contributed by atoms with Crippen LogP contribution < -0.4 is 5.32 Å². The average molecular weight is 268 g/mol. The van der Waals surface area contributed by atoms with Crippen molar-refractivity contribution in [3.8, 4) is 0 Å². The Hall–Kier alpha value is -1.26. The highest BCUT2D eigenvalue weighted by atomic mass is 16.4. The van der Waals surface area contributed by atoms with Gasteiger partial charge >= 0.3 is 12.0 Å². The number of carboxylic acid groups (broad SMARTS) is 1. The van der Waals surface area contributed by atoms with E-state index in [-0.39, 0.29) is 11.9 Å². The Bertz CT molecular complexity index is 347. The molecule has 2 rings (SSSR count). The Morgan fingerprint density at radius 3 is 2.37 bits per heavy atom. The van der Waals surface area contributed by atoms with Crippen molar-refractivity contribution >= 4 is 12.0 Å². The van der Waals surface area contributed by atoms with Crippen LogP contribution in [0.1, 0.15) is 39.5 Å². The monoisotopic (exact) mass is 268 g/mol. The minimum Gasteiger partial charge on any atom is -0.480 e. The zero-order chi connectivity index (χ0) is 14.0. The summed E-state index contributed by atoms with van der Waals surface area (Å²) < 4.78 is 0. The summed E-state index contributed by atoms with van der Waals surface area (Å²) in [4.78, 5) is 25.2. The van der Waals surface area contributed by atoms with Gasteiger partial charge in [0.05, 0.1) is 0 Å². The molecule has 5 heteroatoms. The highest BCUT2D eigenvalue weighted by molar-refractivity contribution is 5.83. The van der Waals surface area contributed by atoms with E-state index in [0.29, 0.717) is 11.8 Å². The summed E-state index contributed by atoms with van der Waals surface area (Å²) >= 11 is 0. The topological polar surface area (TPSA) is 69.6 Å². The number of amides is 2. The number of hydrogen-bond acceptors (Lipinski definition) is 2. The second-order valence-electron chi connectivity index (χ2n) is 6.01. The van der Waals surface area contributed by atoms with E-state index in [2.05, 4.69) is 5.32 Å². The fourth-order valence-corrected chi connectivity index (χ4v) is 3.31. The Balaban J connectivity index is 1.91. The Labute approximate surface area is 114 Å². The van der Waals surface area contributed by atoms with Crippen LogP contribution in [0.3, 0.4) is 0 Å². The van der Waals surface area contributed by atoms with Crippen molar-refractivity contribution in [1.82, 2.24) is 10.2 Å². The summed E-state index contributed by atoms with van der Waals surface area (Å²) in [6.45, 7) is 5.39. The molecule has 0 aromatic heterocycles. The van der Waals surface area contributed by atoms with Crippen molar-refractivity contribution in [1.29, 1.82) is 0 Å². The number of nitrogens with zero attached hydrogens (tertiary/aromatic N) is 1. The van der Waals surface area contributed by atoms with Crippen LogP contribution in [-0.2, 0) is 4.79 Å². The second-order valence-corrected chi connectivity index (χ2v) is 6.01. The predicted molar refractivity (Wildman–Crippen MR) is 71.8 cm³/mol. The fraction of sp³-hybridized carbons (Fsp3) is 0.857. The normalized spacial score (nSPS) is 28.8. The molecule has 5 nitrogen and oxygen atoms in total. The summed E-state index contributed by atoms with van der Waals surface area (Å²) in [6, 6.07) is -0.986. The summed E-state index contributed by atoms with van der Waals surface area (Å²) in [7, 11) is 0. The third-order valence-corrected chi connectivity index (χ3v) is 4.77. The SMILES string of the molecule is CC[C@H](C)[C@H](NC(=O)N1CC2CCCC2C1)C(=O)O. The van der Waals surface area contributed by atoms with Gasteiger partial charge in [0.2, 0.25) is 0 Å². The molecule has 2 N–H and O–H groups in total. The number of fused-ring (bicyclic) bond motifs is 1. The Morgan fingerprint density at radius 2 is 1.89 bits per heavy atom. The molecule has 0 aromatic rings. The van der Waals surface area contributed by atoms with E-state index >= 15 is 0 Å². The van der Waals surface area contributed by atoms with E-state index < -0.39 is 12.0 Å². The molecule has 2 amide bonds. The highest BCUT2D eigenvalue weighted by Gasteiger charge is 2.39. The van der Waals surface area contributed by atoms with Gasteiger partial charge in [0.25, 0.3) is 0 Å². The number of carboxylic acids is 1. The average Bonchev–Trinajstić information content (AvgIpc) is 2.94. The third-order valence-electron chi connectivity index (χ3n) is 4.77. The molecule has 2 fully saturated rings. The Kier molecular flexibility index (Phi) is 4.32. The lowest BCUT2D eigenvalue weighted by atomic mass is 9.99. The van der Waals surface area contributed by atoms with E-state index in [4.69, 9.17) is 0 Å². The van der Waals surface area contributed by atoms with E-state index in [1.165, 1.54) is 19.3 Å². The summed E-state index contributed by atoms with van der Waals surface area (Å²) in [5.41, 5.74) is 0. The molecule has 0 aromatic carbocycles. The van der Waals surface area contributed by atoms with Gasteiger partial charge in [0.15, 0.2) is 0 Å². The third kappa shape index (κ3) is 3.01. The van der Waals surface area contributed by atoms with Crippen molar-refractivity contribution in [2.75, 3.05) is 13.1 Å². The van der Waals surface area contributed by atoms with Gasteiger partial charge in [-0.1, -0.05) is 26.7 Å². The molecular formula is C14H24N2O3. The zero-order valence-corrected chi connectivity index (χ0v) is 11.8. The first-order chi connectivity index (χ1) is 9.02. The summed E-state index contributed by atoms with van der Waals surface area (Å²) in [5.74, 6) is 0.279. The van der Waals surface area contributed by atoms with Crippen LogP contribution in [0.2, 0.25) is 0 Å². The molecule has 108 valence electrons. The molecule has 0 bridgehead atoms. The van der Waals surface area contributed by atoms with E-state index in [1.807, 2.05) is 13.8 Å². The van der Waals surface area contributed by atoms with Crippen LogP contribution in [0.5, 0.6) is 0 Å². The van der Waals surface area contributed by atoms with Crippen molar-refractivity contribution in [2.24, 2.45) is 17.8 Å². The minimum atomic E-state index is -0.943. The molecule has 1 heterocycles. The van der Waals surface area contributed by atoms with Crippen molar-refractivity contribution in [3.05, 3.63) is 0 Å². The van der Waals surface area contributed by atoms with Crippen LogP contribution in [0.4, 0.5) is 4.79 Å². The first-order valence-electron chi connectivity index (χ1n) is 7.31. The zero-order valence-electron chi connectivity index (χ0n) is 11.8. The minimum absolute atomic E-state index is 0.0523. The van der Waals surface area contributed by atoms with E-state index in [0.717, 1.165) is 19.5 Å². The molecule has 1 saturated heterocycles. The first kappa shape index (κ1) is 14.2. The molecule has 1 saturated carbocycles. The van der Waals surface area contributed by atoms with Gasteiger partial charge in [-0.2, -0.15) is 0 Å². The van der Waals surface area contributed by atoms with Gasteiger partial charge < -0.3 is 15.3 Å². The first-order valence-corrected chi connectivity index (χ1v) is 7.31. The number of urea groups is 1. The van der Waals surface area contributed by atoms with Crippen LogP contribution in [0.15, 0.2) is 0 Å². The molecule has 2 aliphatic rings. The van der Waals surface area contributed by atoms with Crippen LogP contribution in [0, 0.1) is 17.8 Å². The number of nitrogens with one attached hydrogen (secondary N) is 1.